The molecule has 5 rings (SSSR count). The van der Waals surface area contributed by atoms with Crippen molar-refractivity contribution in [2.45, 2.75) is 18.4 Å². The Morgan fingerprint density at radius 1 is 1.27 bits per heavy atom. The van der Waals surface area contributed by atoms with E-state index in [1.54, 1.807) is 0 Å². The van der Waals surface area contributed by atoms with Crippen LogP contribution in [0.15, 0.2) is 17.1 Å². The zero-order chi connectivity index (χ0) is 18.1. The van der Waals surface area contributed by atoms with E-state index < -0.39 is 5.82 Å². The smallest absolute Gasteiger partial charge is 0.202 e. The zero-order valence-electron chi connectivity index (χ0n) is 14.8. The Balaban J connectivity index is 1.80. The third kappa shape index (κ3) is 2.06. The minimum Gasteiger partial charge on any atom is -0.487 e. The molecule has 2 fully saturated rings. The van der Waals surface area contributed by atoms with Gasteiger partial charge >= 0.3 is 0 Å². The first kappa shape index (κ1) is 15.8. The van der Waals surface area contributed by atoms with E-state index >= 15 is 4.39 Å². The van der Waals surface area contributed by atoms with E-state index in [-0.39, 0.29) is 11.0 Å². The number of likely N-dealkylation sites (N-methyl/N-ethyl adjacent to an activating group) is 1. The normalized spacial score (nSPS) is 21.1. The van der Waals surface area contributed by atoms with E-state index in [0.717, 1.165) is 39.0 Å². The van der Waals surface area contributed by atoms with E-state index in [4.69, 9.17) is 10.1 Å². The molecule has 1 aromatic heterocycles. The van der Waals surface area contributed by atoms with Crippen LogP contribution in [-0.4, -0.2) is 55.5 Å². The predicted molar refractivity (Wildman–Crippen MR) is 97.7 cm³/mol. The van der Waals surface area contributed by atoms with Crippen molar-refractivity contribution < 1.29 is 14.5 Å². The Hall–Kier alpha value is -2.41. The molecule has 1 aromatic carbocycles. The maximum Gasteiger partial charge on any atom is 0.202 e. The number of nitrogens with two attached hydrogens (primary N) is 1. The number of hydrogen-bond donors (Lipinski definition) is 1. The molecule has 2 aromatic rings. The second-order valence-electron chi connectivity index (χ2n) is 7.69. The Morgan fingerprint density at radius 2 is 2.00 bits per heavy atom. The van der Waals surface area contributed by atoms with Gasteiger partial charge in [-0.05, 0) is 26.0 Å². The third-order valence-electron chi connectivity index (χ3n) is 6.02. The van der Waals surface area contributed by atoms with Gasteiger partial charge in [-0.15, -0.1) is 0 Å². The van der Waals surface area contributed by atoms with Crippen LogP contribution in [0.4, 0.5) is 10.1 Å². The van der Waals surface area contributed by atoms with Crippen molar-refractivity contribution >= 4 is 22.8 Å². The summed E-state index contributed by atoms with van der Waals surface area (Å²) < 4.78 is 23.3. The highest BCUT2D eigenvalue weighted by atomic mass is 19.1. The van der Waals surface area contributed by atoms with Gasteiger partial charge in [0.05, 0.1) is 16.4 Å². The van der Waals surface area contributed by atoms with Gasteiger partial charge in [0.25, 0.3) is 0 Å². The lowest BCUT2D eigenvalue weighted by Gasteiger charge is -2.37. The summed E-state index contributed by atoms with van der Waals surface area (Å²) in [5.41, 5.74) is 1.24. The zero-order valence-corrected chi connectivity index (χ0v) is 14.8. The highest BCUT2D eigenvalue weighted by Gasteiger charge is 2.49. The molecule has 3 heterocycles. The summed E-state index contributed by atoms with van der Waals surface area (Å²) in [4.78, 5) is 17.0. The maximum absolute atomic E-state index is 15.1. The molecule has 136 valence electrons. The molecular formula is C19H22FN4O2+. The van der Waals surface area contributed by atoms with Crippen LogP contribution in [0.3, 0.4) is 0 Å². The molecule has 0 amide bonds. The number of aromatic nitrogens is 1. The van der Waals surface area contributed by atoms with Gasteiger partial charge in [-0.3, -0.25) is 10.2 Å². The average Bonchev–Trinajstić information content (AvgIpc) is 3.41. The van der Waals surface area contributed by atoms with E-state index in [0.29, 0.717) is 34.5 Å². The van der Waals surface area contributed by atoms with Gasteiger partial charge in [0.2, 0.25) is 5.43 Å². The van der Waals surface area contributed by atoms with E-state index in [9.17, 15) is 4.79 Å². The van der Waals surface area contributed by atoms with Crippen LogP contribution in [0.25, 0.3) is 10.9 Å². The fraction of sp³-hybridized carbons (Fsp3) is 0.474. The fourth-order valence-electron chi connectivity index (χ4n) is 4.20. The summed E-state index contributed by atoms with van der Waals surface area (Å²) in [6, 6.07) is 1.36. The summed E-state index contributed by atoms with van der Waals surface area (Å²) in [5, 5.41) is 6.00. The Labute approximate surface area is 150 Å². The molecule has 1 aliphatic carbocycles. The first-order valence-corrected chi connectivity index (χ1v) is 9.08. The minimum absolute atomic E-state index is 0.117. The largest absolute Gasteiger partial charge is 0.487 e. The lowest BCUT2D eigenvalue weighted by Crippen LogP contribution is -2.45. The molecule has 2 N–H and O–H groups in total. The van der Waals surface area contributed by atoms with Gasteiger partial charge in [-0.25, -0.2) is 4.39 Å². The van der Waals surface area contributed by atoms with Crippen molar-refractivity contribution in [3.05, 3.63) is 33.9 Å². The van der Waals surface area contributed by atoms with Gasteiger partial charge in [0.15, 0.2) is 17.8 Å². The molecule has 1 saturated carbocycles. The number of pyridine rings is 1. The lowest BCUT2D eigenvalue weighted by atomic mass is 10.0. The number of halogens is 1. The minimum atomic E-state index is -0.401. The number of anilines is 1. The van der Waals surface area contributed by atoms with Crippen molar-refractivity contribution in [3.63, 3.8) is 0 Å². The topological polar surface area (TPSA) is 63.3 Å². The summed E-state index contributed by atoms with van der Waals surface area (Å²) in [5.74, 6) is 0.101. The lowest BCUT2D eigenvalue weighted by molar-refractivity contribution is -0.104. The fourth-order valence-corrected chi connectivity index (χ4v) is 4.20. The molecule has 26 heavy (non-hydrogen) atoms. The number of ether oxygens (including phenoxy) is 1. The molecule has 0 atom stereocenters. The molecule has 0 radical (unpaired) electrons. The van der Waals surface area contributed by atoms with Crippen molar-refractivity contribution in [3.8, 4) is 5.75 Å². The Morgan fingerprint density at radius 3 is 2.65 bits per heavy atom. The van der Waals surface area contributed by atoms with Crippen LogP contribution in [0.2, 0.25) is 0 Å². The Bertz CT molecular complexity index is 987. The summed E-state index contributed by atoms with van der Waals surface area (Å²) in [6.07, 6.45) is 5.11. The highest BCUT2D eigenvalue weighted by molar-refractivity contribution is 5.95. The predicted octanol–water partition coefficient (Wildman–Crippen LogP) is -0.0481. The summed E-state index contributed by atoms with van der Waals surface area (Å²) >= 11 is 0. The van der Waals surface area contributed by atoms with Gasteiger partial charge in [0.1, 0.15) is 17.9 Å². The van der Waals surface area contributed by atoms with Gasteiger partial charge in [-0.2, -0.15) is 0 Å². The number of rotatable bonds is 2. The van der Waals surface area contributed by atoms with Crippen LogP contribution in [0, 0.1) is 5.82 Å². The molecular weight excluding hydrogens is 335 g/mol. The number of piperazine rings is 1. The van der Waals surface area contributed by atoms with Crippen LogP contribution < -0.4 is 20.5 Å². The first-order chi connectivity index (χ1) is 12.5. The monoisotopic (exact) mass is 357 g/mol. The molecule has 0 bridgehead atoms. The molecule has 0 unspecified atom stereocenters. The molecule has 2 aliphatic heterocycles. The number of hydrogen-bond acceptors (Lipinski definition) is 4. The molecule has 7 heteroatoms. The standard InChI is InChI=1S/C19H21FN4O2/c1-22-4-6-23(7-5-22)16-14(20)8-13-15-18(16)26-11-19(2-3-19)24(15)10-12(9-21)17(13)25/h8-10,21H,2-7,11H2,1H3/p+1. The Kier molecular flexibility index (Phi) is 3.22. The summed E-state index contributed by atoms with van der Waals surface area (Å²) in [6.45, 7) is 3.72. The van der Waals surface area contributed by atoms with Crippen LogP contribution >= 0.6 is 0 Å². The van der Waals surface area contributed by atoms with E-state index in [1.807, 2.05) is 11.1 Å². The molecule has 6 nitrogen and oxygen atoms in total. The number of nitrogens with zero attached hydrogens (tertiary/aromatic N) is 3. The SMILES string of the molecule is CN1CCN(c2c(F)cc3c(=O)c(C=[NH2+])cn4c3c2OCC42CC2)CC1. The van der Waals surface area contributed by atoms with Crippen molar-refractivity contribution in [1.82, 2.24) is 9.47 Å². The number of benzene rings is 1. The van der Waals surface area contributed by atoms with Crippen molar-refractivity contribution in [1.29, 1.82) is 0 Å². The first-order valence-electron chi connectivity index (χ1n) is 9.08. The third-order valence-corrected chi connectivity index (χ3v) is 6.02. The quantitative estimate of drug-likeness (QED) is 0.766. The highest BCUT2D eigenvalue weighted by Crippen LogP contribution is 2.52. The van der Waals surface area contributed by atoms with Gasteiger partial charge in [-0.1, -0.05) is 0 Å². The van der Waals surface area contributed by atoms with Crippen LogP contribution in [-0.2, 0) is 5.54 Å². The molecule has 3 aliphatic rings. The second-order valence-corrected chi connectivity index (χ2v) is 7.69. The van der Waals surface area contributed by atoms with Gasteiger partial charge in [0, 0.05) is 32.4 Å². The average molecular weight is 357 g/mol. The van der Waals surface area contributed by atoms with Crippen LogP contribution in [0.1, 0.15) is 18.4 Å². The second kappa shape index (κ2) is 5.30. The molecule has 1 saturated heterocycles. The van der Waals surface area contributed by atoms with Crippen LogP contribution in [0.5, 0.6) is 5.75 Å². The maximum atomic E-state index is 15.1. The molecule has 1 spiro atoms. The van der Waals surface area contributed by atoms with Crippen molar-refractivity contribution in [2.75, 3.05) is 44.7 Å². The number of fused-ring (bicyclic) bond motifs is 1. The van der Waals surface area contributed by atoms with Gasteiger partial charge < -0.3 is 19.1 Å². The van der Waals surface area contributed by atoms with E-state index in [2.05, 4.69) is 16.5 Å². The van der Waals surface area contributed by atoms with E-state index in [1.165, 1.54) is 12.3 Å². The summed E-state index contributed by atoms with van der Waals surface area (Å²) in [7, 11) is 2.06. The van der Waals surface area contributed by atoms with Crippen molar-refractivity contribution in [2.24, 2.45) is 0 Å².